The highest BCUT2D eigenvalue weighted by molar-refractivity contribution is 5.17. The molecule has 0 aliphatic rings. The number of halogens is 1. The number of nitrogens with zero attached hydrogens (tertiary/aromatic N) is 1. The molecule has 0 radical (unpaired) electrons. The van der Waals surface area contributed by atoms with Crippen molar-refractivity contribution in [2.24, 2.45) is 0 Å². The molecule has 1 aromatic carbocycles. The Balaban J connectivity index is 2.54. The Morgan fingerprint density at radius 2 is 1.88 bits per heavy atom. The predicted octanol–water partition coefficient (Wildman–Crippen LogP) is 2.30. The average Bonchev–Trinajstić information content (AvgIpc) is 2.28. The predicted molar refractivity (Wildman–Crippen MR) is 70.7 cm³/mol. The molecular formula is C14H23FN2. The van der Waals surface area contributed by atoms with E-state index in [2.05, 4.69) is 31.2 Å². The van der Waals surface area contributed by atoms with E-state index in [1.54, 1.807) is 0 Å². The quantitative estimate of drug-likeness (QED) is 0.784. The van der Waals surface area contributed by atoms with Crippen molar-refractivity contribution in [3.05, 3.63) is 35.6 Å². The third-order valence-corrected chi connectivity index (χ3v) is 2.66. The molecule has 0 aliphatic carbocycles. The summed E-state index contributed by atoms with van der Waals surface area (Å²) >= 11 is 0. The van der Waals surface area contributed by atoms with Crippen molar-refractivity contribution in [3.63, 3.8) is 0 Å². The summed E-state index contributed by atoms with van der Waals surface area (Å²) in [7, 11) is 4.15. The monoisotopic (exact) mass is 238 g/mol. The van der Waals surface area contributed by atoms with Crippen LogP contribution in [0.25, 0.3) is 0 Å². The Morgan fingerprint density at radius 1 is 1.24 bits per heavy atom. The Kier molecular flexibility index (Phi) is 6.16. The molecule has 1 rings (SSSR count). The van der Waals surface area contributed by atoms with Gasteiger partial charge in [-0.15, -0.1) is 0 Å². The van der Waals surface area contributed by atoms with E-state index >= 15 is 0 Å². The lowest BCUT2D eigenvalue weighted by Crippen LogP contribution is -2.40. The second-order valence-electron chi connectivity index (χ2n) is 4.74. The van der Waals surface area contributed by atoms with Gasteiger partial charge in [-0.3, -0.25) is 0 Å². The molecule has 1 aromatic rings. The van der Waals surface area contributed by atoms with Gasteiger partial charge in [-0.2, -0.15) is 0 Å². The minimum absolute atomic E-state index is 0.167. The van der Waals surface area contributed by atoms with E-state index < -0.39 is 0 Å². The zero-order valence-electron chi connectivity index (χ0n) is 11.0. The van der Waals surface area contributed by atoms with Gasteiger partial charge in [-0.1, -0.05) is 19.1 Å². The van der Waals surface area contributed by atoms with E-state index in [0.29, 0.717) is 6.04 Å². The summed E-state index contributed by atoms with van der Waals surface area (Å²) in [6, 6.07) is 7.22. The maximum atomic E-state index is 12.8. The molecule has 3 heteroatoms. The van der Waals surface area contributed by atoms with Crippen LogP contribution in [0.15, 0.2) is 24.3 Å². The molecule has 0 aliphatic heterocycles. The van der Waals surface area contributed by atoms with E-state index in [9.17, 15) is 4.39 Å². The van der Waals surface area contributed by atoms with Gasteiger partial charge < -0.3 is 10.2 Å². The molecule has 0 fully saturated rings. The zero-order chi connectivity index (χ0) is 12.7. The fourth-order valence-electron chi connectivity index (χ4n) is 1.90. The lowest BCUT2D eigenvalue weighted by molar-refractivity contribution is 0.336. The highest BCUT2D eigenvalue weighted by atomic mass is 19.1. The molecule has 0 bridgehead atoms. The molecule has 2 nitrogen and oxygen atoms in total. The average molecular weight is 238 g/mol. The van der Waals surface area contributed by atoms with E-state index in [-0.39, 0.29) is 5.82 Å². The van der Waals surface area contributed by atoms with Gasteiger partial charge in [0, 0.05) is 12.6 Å². The number of likely N-dealkylation sites (N-methyl/N-ethyl adjacent to an activating group) is 1. The molecule has 0 saturated heterocycles. The van der Waals surface area contributed by atoms with Gasteiger partial charge in [0.15, 0.2) is 0 Å². The van der Waals surface area contributed by atoms with Crippen LogP contribution in [0.2, 0.25) is 0 Å². The highest BCUT2D eigenvalue weighted by Crippen LogP contribution is 2.06. The normalized spacial score (nSPS) is 13.0. The van der Waals surface area contributed by atoms with Gasteiger partial charge in [-0.25, -0.2) is 4.39 Å². The molecule has 17 heavy (non-hydrogen) atoms. The molecular weight excluding hydrogens is 215 g/mol. The number of rotatable bonds is 7. The van der Waals surface area contributed by atoms with Crippen LogP contribution in [0.1, 0.15) is 18.9 Å². The summed E-state index contributed by atoms with van der Waals surface area (Å²) in [6.45, 7) is 4.19. The number of hydrogen-bond acceptors (Lipinski definition) is 2. The van der Waals surface area contributed by atoms with Crippen LogP contribution in [-0.4, -0.2) is 38.1 Å². The topological polar surface area (TPSA) is 15.3 Å². The summed E-state index contributed by atoms with van der Waals surface area (Å²) in [5.74, 6) is -0.167. The Bertz CT molecular complexity index is 309. The fourth-order valence-corrected chi connectivity index (χ4v) is 1.90. The lowest BCUT2D eigenvalue weighted by Gasteiger charge is -2.22. The summed E-state index contributed by atoms with van der Waals surface area (Å²) in [5, 5.41) is 3.53. The zero-order valence-corrected chi connectivity index (χ0v) is 11.0. The maximum Gasteiger partial charge on any atom is 0.123 e. The smallest absolute Gasteiger partial charge is 0.123 e. The largest absolute Gasteiger partial charge is 0.312 e. The van der Waals surface area contributed by atoms with Gasteiger partial charge in [0.25, 0.3) is 0 Å². The summed E-state index contributed by atoms with van der Waals surface area (Å²) in [6.07, 6.45) is 2.08. The Hall–Kier alpha value is -0.930. The van der Waals surface area contributed by atoms with Crippen molar-refractivity contribution in [1.29, 1.82) is 0 Å². The number of nitrogens with one attached hydrogen (secondary N) is 1. The Labute approximate surface area is 104 Å². The molecule has 0 aromatic heterocycles. The van der Waals surface area contributed by atoms with E-state index in [1.165, 1.54) is 17.7 Å². The van der Waals surface area contributed by atoms with Crippen molar-refractivity contribution in [1.82, 2.24) is 10.2 Å². The van der Waals surface area contributed by atoms with Crippen LogP contribution < -0.4 is 5.32 Å². The lowest BCUT2D eigenvalue weighted by atomic mass is 10.1. The first kappa shape index (κ1) is 14.1. The van der Waals surface area contributed by atoms with Crippen molar-refractivity contribution < 1.29 is 4.39 Å². The van der Waals surface area contributed by atoms with Crippen LogP contribution >= 0.6 is 0 Å². The molecule has 0 saturated carbocycles. The standard InChI is InChI=1S/C14H23FN2/c1-4-9-16-14(11-17(2)3)10-12-5-7-13(15)8-6-12/h5-8,14,16H,4,9-11H2,1-3H3. The van der Waals surface area contributed by atoms with Crippen LogP contribution in [-0.2, 0) is 6.42 Å². The summed E-state index contributed by atoms with van der Waals surface area (Å²) in [5.41, 5.74) is 1.18. The highest BCUT2D eigenvalue weighted by Gasteiger charge is 2.09. The minimum Gasteiger partial charge on any atom is -0.312 e. The molecule has 0 heterocycles. The molecule has 96 valence electrons. The minimum atomic E-state index is -0.167. The SMILES string of the molecule is CCCNC(Cc1ccc(F)cc1)CN(C)C. The van der Waals surface area contributed by atoms with Crippen LogP contribution in [0.5, 0.6) is 0 Å². The molecule has 0 spiro atoms. The third-order valence-electron chi connectivity index (χ3n) is 2.66. The van der Waals surface area contributed by atoms with Gasteiger partial charge >= 0.3 is 0 Å². The molecule has 0 amide bonds. The first-order chi connectivity index (χ1) is 8.11. The number of hydrogen-bond donors (Lipinski definition) is 1. The van der Waals surface area contributed by atoms with Gasteiger partial charge in [0.1, 0.15) is 5.82 Å². The summed E-state index contributed by atoms with van der Waals surface area (Å²) < 4.78 is 12.8. The van der Waals surface area contributed by atoms with Crippen LogP contribution in [0.3, 0.4) is 0 Å². The van der Waals surface area contributed by atoms with E-state index in [4.69, 9.17) is 0 Å². The van der Waals surface area contributed by atoms with Crippen molar-refractivity contribution in [2.75, 3.05) is 27.2 Å². The maximum absolute atomic E-state index is 12.8. The second kappa shape index (κ2) is 7.41. The molecule has 1 N–H and O–H groups in total. The second-order valence-corrected chi connectivity index (χ2v) is 4.74. The van der Waals surface area contributed by atoms with Gasteiger partial charge in [0.2, 0.25) is 0 Å². The molecule has 1 unspecified atom stereocenters. The van der Waals surface area contributed by atoms with Crippen LogP contribution in [0, 0.1) is 5.82 Å². The van der Waals surface area contributed by atoms with Gasteiger partial charge in [-0.05, 0) is 51.2 Å². The van der Waals surface area contributed by atoms with Crippen molar-refractivity contribution in [2.45, 2.75) is 25.8 Å². The fraction of sp³-hybridized carbons (Fsp3) is 0.571. The first-order valence-corrected chi connectivity index (χ1v) is 6.24. The van der Waals surface area contributed by atoms with Gasteiger partial charge in [0.05, 0.1) is 0 Å². The van der Waals surface area contributed by atoms with E-state index in [0.717, 1.165) is 25.9 Å². The first-order valence-electron chi connectivity index (χ1n) is 6.24. The van der Waals surface area contributed by atoms with E-state index in [1.807, 2.05) is 12.1 Å². The third kappa shape index (κ3) is 5.80. The van der Waals surface area contributed by atoms with Crippen molar-refractivity contribution in [3.8, 4) is 0 Å². The molecule has 1 atom stereocenters. The summed E-state index contributed by atoms with van der Waals surface area (Å²) in [4.78, 5) is 2.18. The van der Waals surface area contributed by atoms with Crippen molar-refractivity contribution >= 4 is 0 Å². The Morgan fingerprint density at radius 3 is 2.41 bits per heavy atom. The van der Waals surface area contributed by atoms with Crippen LogP contribution in [0.4, 0.5) is 4.39 Å². The number of benzene rings is 1.